The third kappa shape index (κ3) is 2.97. The van der Waals surface area contributed by atoms with Crippen LogP contribution in [0.5, 0.6) is 0 Å². The molecular weight excluding hydrogens is 360 g/mol. The summed E-state index contributed by atoms with van der Waals surface area (Å²) in [5.74, 6) is 0. The van der Waals surface area contributed by atoms with Gasteiger partial charge in [-0.1, -0.05) is 36.4 Å². The fourth-order valence-corrected chi connectivity index (χ4v) is 4.86. The quantitative estimate of drug-likeness (QED) is 0.405. The van der Waals surface area contributed by atoms with Crippen LogP contribution in [0, 0.1) is 0 Å². The molecule has 0 amide bonds. The standard InChI is InChI=1S/C21H19N2O3S/c1-22-13-11-15-7-3-5-9-17(15)19(22)21(27(24,25)26)20-18-10-6-4-8-16(18)12-14-23(20)2/h3-14,21H,1-2H3/q+1. The highest BCUT2D eigenvalue weighted by Gasteiger charge is 2.38. The Morgan fingerprint density at radius 2 is 1.15 bits per heavy atom. The Balaban J connectivity index is 2.17. The lowest BCUT2D eigenvalue weighted by molar-refractivity contribution is -0.690. The van der Waals surface area contributed by atoms with Crippen LogP contribution in [-0.4, -0.2) is 13.0 Å². The molecule has 0 spiro atoms. The van der Waals surface area contributed by atoms with Gasteiger partial charge in [-0.25, -0.2) is 17.6 Å². The number of hydrogen-bond acceptors (Lipinski definition) is 3. The highest BCUT2D eigenvalue weighted by molar-refractivity contribution is 7.86. The van der Waals surface area contributed by atoms with Crippen LogP contribution in [-0.2, 0) is 24.2 Å². The van der Waals surface area contributed by atoms with Gasteiger partial charge in [0.25, 0.3) is 0 Å². The van der Waals surface area contributed by atoms with Gasteiger partial charge in [0.15, 0.2) is 12.4 Å². The van der Waals surface area contributed by atoms with Crippen molar-refractivity contribution in [2.24, 2.45) is 14.1 Å². The van der Waals surface area contributed by atoms with Crippen molar-refractivity contribution in [2.45, 2.75) is 5.25 Å². The summed E-state index contributed by atoms with van der Waals surface area (Å²) in [5, 5.41) is 1.95. The molecule has 27 heavy (non-hydrogen) atoms. The molecule has 0 bridgehead atoms. The average molecular weight is 379 g/mol. The van der Waals surface area contributed by atoms with Crippen LogP contribution in [0.4, 0.5) is 0 Å². The van der Waals surface area contributed by atoms with E-state index in [-0.39, 0.29) is 0 Å². The van der Waals surface area contributed by atoms with Crippen molar-refractivity contribution in [1.29, 1.82) is 0 Å². The first-order valence-corrected chi connectivity index (χ1v) is 10.0. The largest absolute Gasteiger partial charge is 0.747 e. The van der Waals surface area contributed by atoms with Gasteiger partial charge in [0.1, 0.15) is 24.2 Å². The molecule has 0 atom stereocenters. The summed E-state index contributed by atoms with van der Waals surface area (Å²) in [6.45, 7) is 0. The zero-order valence-corrected chi connectivity index (χ0v) is 15.8. The van der Waals surface area contributed by atoms with Crippen molar-refractivity contribution in [3.63, 3.8) is 0 Å². The smallest absolute Gasteiger partial charge is 0.218 e. The molecule has 4 rings (SSSR count). The highest BCUT2D eigenvalue weighted by Crippen LogP contribution is 2.33. The summed E-state index contributed by atoms with van der Waals surface area (Å²) in [4.78, 5) is 0. The minimum absolute atomic E-state index is 0.468. The first-order valence-electron chi connectivity index (χ1n) is 8.57. The lowest BCUT2D eigenvalue weighted by atomic mass is 10.0. The molecule has 0 radical (unpaired) electrons. The first kappa shape index (κ1) is 17.6. The molecule has 2 aromatic heterocycles. The van der Waals surface area contributed by atoms with Crippen molar-refractivity contribution in [3.8, 4) is 0 Å². The van der Waals surface area contributed by atoms with Gasteiger partial charge in [-0.2, -0.15) is 0 Å². The molecule has 4 aromatic rings. The second kappa shape index (κ2) is 6.40. The predicted molar refractivity (Wildman–Crippen MR) is 102 cm³/mol. The van der Waals surface area contributed by atoms with Gasteiger partial charge in [0.05, 0.1) is 10.8 Å². The molecule has 136 valence electrons. The van der Waals surface area contributed by atoms with Crippen LogP contribution >= 0.6 is 0 Å². The fraction of sp³-hybridized carbons (Fsp3) is 0.143. The van der Waals surface area contributed by atoms with Gasteiger partial charge in [-0.15, -0.1) is 0 Å². The third-order valence-electron chi connectivity index (χ3n) is 4.97. The Kier molecular flexibility index (Phi) is 4.17. The molecule has 0 fully saturated rings. The van der Waals surface area contributed by atoms with Crippen molar-refractivity contribution in [2.75, 3.05) is 0 Å². The van der Waals surface area contributed by atoms with Crippen LogP contribution in [0.15, 0.2) is 73.1 Å². The van der Waals surface area contributed by atoms with Crippen LogP contribution in [0.1, 0.15) is 16.6 Å². The van der Waals surface area contributed by atoms with E-state index >= 15 is 0 Å². The van der Waals surface area contributed by atoms with Crippen LogP contribution in [0.2, 0.25) is 0 Å². The van der Waals surface area contributed by atoms with Gasteiger partial charge < -0.3 is 4.55 Å². The number of hydrogen-bond donors (Lipinski definition) is 0. The van der Waals surface area contributed by atoms with Crippen LogP contribution < -0.4 is 9.13 Å². The first-order chi connectivity index (χ1) is 12.9. The molecular formula is C21H19N2O3S+. The Bertz CT molecular complexity index is 1200. The minimum Gasteiger partial charge on any atom is -0.747 e. The fourth-order valence-electron chi connectivity index (χ4n) is 3.73. The maximum atomic E-state index is 12.5. The molecule has 0 aliphatic heterocycles. The van der Waals surface area contributed by atoms with Gasteiger partial charge >= 0.3 is 0 Å². The van der Waals surface area contributed by atoms with Gasteiger partial charge in [-0.3, -0.25) is 0 Å². The van der Waals surface area contributed by atoms with E-state index in [1.807, 2.05) is 60.7 Å². The lowest BCUT2D eigenvalue weighted by Crippen LogP contribution is -2.43. The van der Waals surface area contributed by atoms with E-state index in [1.54, 1.807) is 35.6 Å². The molecule has 2 aromatic carbocycles. The summed E-state index contributed by atoms with van der Waals surface area (Å²) in [6, 6.07) is 18.9. The van der Waals surface area contributed by atoms with Crippen LogP contribution in [0.3, 0.4) is 0 Å². The summed E-state index contributed by atoms with van der Waals surface area (Å²) in [6.07, 6.45) is 3.59. The number of benzene rings is 2. The molecule has 2 heterocycles. The third-order valence-corrected chi connectivity index (χ3v) is 6.00. The average Bonchev–Trinajstić information content (AvgIpc) is 2.64. The Hall–Kier alpha value is -2.83. The number of fused-ring (bicyclic) bond motifs is 2. The van der Waals surface area contributed by atoms with Gasteiger partial charge in [-0.05, 0) is 22.9 Å². The number of pyridine rings is 2. The Labute approximate surface area is 157 Å². The lowest BCUT2D eigenvalue weighted by Gasteiger charge is -2.19. The second-order valence-corrected chi connectivity index (χ2v) is 8.13. The molecule has 0 unspecified atom stereocenters. The second-order valence-electron chi connectivity index (χ2n) is 6.67. The zero-order valence-electron chi connectivity index (χ0n) is 15.0. The van der Waals surface area contributed by atoms with E-state index < -0.39 is 15.4 Å². The maximum Gasteiger partial charge on any atom is 0.218 e. The Morgan fingerprint density at radius 1 is 0.741 bits per heavy atom. The van der Waals surface area contributed by atoms with Crippen molar-refractivity contribution < 1.29 is 22.1 Å². The molecule has 0 saturated carbocycles. The van der Waals surface area contributed by atoms with Crippen molar-refractivity contribution in [1.82, 2.24) is 0 Å². The minimum atomic E-state index is -4.69. The molecule has 6 heteroatoms. The van der Waals surface area contributed by atoms with Gasteiger partial charge in [0, 0.05) is 12.1 Å². The van der Waals surface area contributed by atoms with Crippen molar-refractivity contribution >= 4 is 31.7 Å². The predicted octanol–water partition coefficient (Wildman–Crippen LogP) is 2.28. The molecule has 0 aliphatic carbocycles. The number of nitrogens with zero attached hydrogens (tertiary/aromatic N) is 2. The highest BCUT2D eigenvalue weighted by atomic mass is 32.2. The van der Waals surface area contributed by atoms with E-state index in [9.17, 15) is 13.0 Å². The van der Waals surface area contributed by atoms with E-state index in [4.69, 9.17) is 0 Å². The summed E-state index contributed by atoms with van der Waals surface area (Å²) in [5.41, 5.74) is 0.935. The van der Waals surface area contributed by atoms with E-state index in [1.165, 1.54) is 0 Å². The zero-order chi connectivity index (χ0) is 19.2. The van der Waals surface area contributed by atoms with E-state index in [2.05, 4.69) is 0 Å². The number of aryl methyl sites for hydroxylation is 2. The van der Waals surface area contributed by atoms with Crippen LogP contribution in [0.25, 0.3) is 21.5 Å². The Morgan fingerprint density at radius 3 is 1.56 bits per heavy atom. The summed E-state index contributed by atoms with van der Waals surface area (Å²) >= 11 is 0. The monoisotopic (exact) mass is 379 g/mol. The number of aromatic nitrogens is 2. The van der Waals surface area contributed by atoms with E-state index in [0.717, 1.165) is 21.5 Å². The molecule has 0 saturated heterocycles. The normalized spacial score (nSPS) is 12.1. The SMILES string of the molecule is C[n+]1ccc2ccccc2c1C(c1c2ccccc2cc[n+]1C)S(=O)(=O)[O-]. The summed E-state index contributed by atoms with van der Waals surface area (Å²) in [7, 11) is -1.15. The molecule has 0 aliphatic rings. The molecule has 5 nitrogen and oxygen atoms in total. The number of rotatable bonds is 3. The molecule has 0 N–H and O–H groups in total. The van der Waals surface area contributed by atoms with Crippen molar-refractivity contribution in [3.05, 3.63) is 84.4 Å². The summed E-state index contributed by atoms with van der Waals surface area (Å²) < 4.78 is 41.1. The van der Waals surface area contributed by atoms with E-state index in [0.29, 0.717) is 11.4 Å². The van der Waals surface area contributed by atoms with Gasteiger partial charge in [0.2, 0.25) is 16.6 Å². The topological polar surface area (TPSA) is 65.0 Å². The maximum absolute atomic E-state index is 12.5.